The maximum Gasteiger partial charge on any atom is 0.341 e. The van der Waals surface area contributed by atoms with Gasteiger partial charge in [0.25, 0.3) is 0 Å². The first-order valence-corrected chi connectivity index (χ1v) is 7.19. The monoisotopic (exact) mass is 349 g/mol. The molecule has 0 bridgehead atoms. The number of carboxylic acids is 1. The highest BCUT2D eigenvalue weighted by Crippen LogP contribution is 2.28. The molecular formula is C17H10ClF2NO3. The normalized spacial score (nSPS) is 11.0. The van der Waals surface area contributed by atoms with Crippen molar-refractivity contribution in [2.45, 2.75) is 0 Å². The lowest BCUT2D eigenvalue weighted by molar-refractivity contribution is 0.0696. The average Bonchev–Trinajstić information content (AvgIpc) is 2.49. The van der Waals surface area contributed by atoms with E-state index in [0.717, 1.165) is 12.1 Å². The molecule has 0 spiro atoms. The molecule has 0 radical (unpaired) electrons. The summed E-state index contributed by atoms with van der Waals surface area (Å²) in [5, 5.41) is 9.86. The summed E-state index contributed by atoms with van der Waals surface area (Å²) in [5.41, 5.74) is -1.06. The van der Waals surface area contributed by atoms with Gasteiger partial charge >= 0.3 is 5.97 Å². The van der Waals surface area contributed by atoms with Gasteiger partial charge in [-0.15, -0.1) is 0 Å². The molecule has 0 fully saturated rings. The standard InChI is InChI=1S/C17H10ClF2NO3/c1-21-13-3-2-9(18)6-12(13)16(22)14(17(23)24)15(21)8-4-10(19)7-11(20)5-8/h2-7H,1H3,(H,23,24). The number of aryl methyl sites for hydroxylation is 1. The Kier molecular flexibility index (Phi) is 3.85. The minimum atomic E-state index is -1.49. The summed E-state index contributed by atoms with van der Waals surface area (Å²) < 4.78 is 28.5. The molecule has 122 valence electrons. The topological polar surface area (TPSA) is 59.3 Å². The van der Waals surface area contributed by atoms with Gasteiger partial charge in [0, 0.05) is 29.1 Å². The van der Waals surface area contributed by atoms with Crippen LogP contribution < -0.4 is 5.43 Å². The maximum absolute atomic E-state index is 13.6. The second kappa shape index (κ2) is 5.72. The third-order valence-electron chi connectivity index (χ3n) is 3.71. The molecule has 0 aliphatic rings. The molecule has 0 aliphatic carbocycles. The molecule has 24 heavy (non-hydrogen) atoms. The largest absolute Gasteiger partial charge is 0.477 e. The number of aromatic nitrogens is 1. The molecule has 0 amide bonds. The van der Waals surface area contributed by atoms with Gasteiger partial charge in [-0.25, -0.2) is 13.6 Å². The molecule has 3 rings (SSSR count). The van der Waals surface area contributed by atoms with Crippen LogP contribution in [-0.2, 0) is 7.05 Å². The van der Waals surface area contributed by atoms with Crippen molar-refractivity contribution in [2.75, 3.05) is 0 Å². The summed E-state index contributed by atoms with van der Waals surface area (Å²) in [6, 6.07) is 7.08. The lowest BCUT2D eigenvalue weighted by Gasteiger charge is -2.16. The van der Waals surface area contributed by atoms with E-state index in [9.17, 15) is 23.5 Å². The number of carbonyl (C=O) groups is 1. The van der Waals surface area contributed by atoms with Crippen molar-refractivity contribution in [3.63, 3.8) is 0 Å². The molecule has 2 aromatic carbocycles. The number of benzene rings is 2. The van der Waals surface area contributed by atoms with Crippen molar-refractivity contribution in [2.24, 2.45) is 7.05 Å². The Morgan fingerprint density at radius 1 is 1.12 bits per heavy atom. The summed E-state index contributed by atoms with van der Waals surface area (Å²) in [7, 11) is 1.51. The van der Waals surface area contributed by atoms with Gasteiger partial charge < -0.3 is 9.67 Å². The molecule has 1 aromatic heterocycles. The van der Waals surface area contributed by atoms with Gasteiger partial charge in [0.1, 0.15) is 17.2 Å². The van der Waals surface area contributed by atoms with E-state index in [0.29, 0.717) is 11.6 Å². The number of fused-ring (bicyclic) bond motifs is 1. The van der Waals surface area contributed by atoms with Crippen LogP contribution in [0, 0.1) is 11.6 Å². The van der Waals surface area contributed by atoms with Crippen LogP contribution in [0.3, 0.4) is 0 Å². The second-order valence-corrected chi connectivity index (χ2v) is 5.67. The number of halogens is 3. The Balaban J connectivity index is 2.53. The molecular weight excluding hydrogens is 340 g/mol. The highest BCUT2D eigenvalue weighted by molar-refractivity contribution is 6.31. The molecule has 1 heterocycles. The predicted octanol–water partition coefficient (Wildman–Crippen LogP) is 3.84. The molecule has 7 heteroatoms. The Morgan fingerprint density at radius 3 is 2.33 bits per heavy atom. The van der Waals surface area contributed by atoms with Crippen molar-refractivity contribution in [3.05, 3.63) is 68.8 Å². The minimum Gasteiger partial charge on any atom is -0.477 e. The van der Waals surface area contributed by atoms with E-state index in [-0.39, 0.29) is 21.7 Å². The van der Waals surface area contributed by atoms with Gasteiger partial charge in [-0.2, -0.15) is 0 Å². The van der Waals surface area contributed by atoms with Crippen LogP contribution in [0.2, 0.25) is 5.02 Å². The van der Waals surface area contributed by atoms with E-state index < -0.39 is 28.6 Å². The zero-order valence-electron chi connectivity index (χ0n) is 12.3. The summed E-state index contributed by atoms with van der Waals surface area (Å²) >= 11 is 5.88. The fourth-order valence-corrected chi connectivity index (χ4v) is 2.91. The first-order chi connectivity index (χ1) is 11.3. The highest BCUT2D eigenvalue weighted by Gasteiger charge is 2.22. The Hall–Kier alpha value is -2.73. The van der Waals surface area contributed by atoms with Crippen LogP contribution in [0.5, 0.6) is 0 Å². The van der Waals surface area contributed by atoms with Crippen LogP contribution >= 0.6 is 11.6 Å². The summed E-state index contributed by atoms with van der Waals surface area (Å²) in [5.74, 6) is -3.23. The van der Waals surface area contributed by atoms with Crippen molar-refractivity contribution < 1.29 is 18.7 Å². The number of aromatic carboxylic acids is 1. The number of hydrogen-bond acceptors (Lipinski definition) is 2. The molecule has 0 unspecified atom stereocenters. The number of carboxylic acid groups (broad SMARTS) is 1. The number of rotatable bonds is 2. The molecule has 0 atom stereocenters. The zero-order chi connectivity index (χ0) is 17.6. The fourth-order valence-electron chi connectivity index (χ4n) is 2.74. The van der Waals surface area contributed by atoms with E-state index in [1.807, 2.05) is 0 Å². The fraction of sp³-hybridized carbons (Fsp3) is 0.0588. The highest BCUT2D eigenvalue weighted by atomic mass is 35.5. The smallest absolute Gasteiger partial charge is 0.341 e. The number of pyridine rings is 1. The van der Waals surface area contributed by atoms with E-state index >= 15 is 0 Å². The Morgan fingerprint density at radius 2 is 1.75 bits per heavy atom. The molecule has 4 nitrogen and oxygen atoms in total. The SMILES string of the molecule is Cn1c(-c2cc(F)cc(F)c2)c(C(=O)O)c(=O)c2cc(Cl)ccc21. The predicted molar refractivity (Wildman–Crippen MR) is 86.5 cm³/mol. The third kappa shape index (κ3) is 2.55. The molecule has 0 aliphatic heterocycles. The maximum atomic E-state index is 13.6. The van der Waals surface area contributed by atoms with Crippen LogP contribution in [0.4, 0.5) is 8.78 Å². The number of hydrogen-bond donors (Lipinski definition) is 1. The quantitative estimate of drug-likeness (QED) is 0.764. The molecule has 0 saturated carbocycles. The van der Waals surface area contributed by atoms with E-state index in [4.69, 9.17) is 11.6 Å². The summed E-state index contributed by atoms with van der Waals surface area (Å²) in [6.45, 7) is 0. The van der Waals surface area contributed by atoms with Gasteiger partial charge in [-0.3, -0.25) is 4.79 Å². The van der Waals surface area contributed by atoms with E-state index in [2.05, 4.69) is 0 Å². The van der Waals surface area contributed by atoms with Crippen molar-refractivity contribution in [1.29, 1.82) is 0 Å². The number of nitrogens with zero attached hydrogens (tertiary/aromatic N) is 1. The van der Waals surface area contributed by atoms with Crippen molar-refractivity contribution in [3.8, 4) is 11.3 Å². The van der Waals surface area contributed by atoms with Gasteiger partial charge in [0.2, 0.25) is 5.43 Å². The Bertz CT molecular complexity index is 1040. The Labute approximate surface area is 139 Å². The molecule has 3 aromatic rings. The third-order valence-corrected chi connectivity index (χ3v) is 3.95. The van der Waals surface area contributed by atoms with Crippen LogP contribution in [0.1, 0.15) is 10.4 Å². The molecule has 1 N–H and O–H groups in total. The van der Waals surface area contributed by atoms with Crippen LogP contribution in [0.25, 0.3) is 22.2 Å². The zero-order valence-corrected chi connectivity index (χ0v) is 13.1. The second-order valence-electron chi connectivity index (χ2n) is 5.24. The summed E-state index contributed by atoms with van der Waals surface area (Å²) in [4.78, 5) is 24.2. The lowest BCUT2D eigenvalue weighted by Crippen LogP contribution is -2.21. The van der Waals surface area contributed by atoms with Gasteiger partial charge in [-0.1, -0.05) is 11.6 Å². The summed E-state index contributed by atoms with van der Waals surface area (Å²) in [6.07, 6.45) is 0. The van der Waals surface area contributed by atoms with Crippen molar-refractivity contribution in [1.82, 2.24) is 4.57 Å². The first kappa shape index (κ1) is 16.1. The van der Waals surface area contributed by atoms with Gasteiger partial charge in [-0.05, 0) is 30.3 Å². The average molecular weight is 350 g/mol. The van der Waals surface area contributed by atoms with Gasteiger partial charge in [0.15, 0.2) is 0 Å². The van der Waals surface area contributed by atoms with Crippen LogP contribution in [-0.4, -0.2) is 15.6 Å². The molecule has 0 saturated heterocycles. The lowest BCUT2D eigenvalue weighted by atomic mass is 10.0. The van der Waals surface area contributed by atoms with Gasteiger partial charge in [0.05, 0.1) is 11.2 Å². The van der Waals surface area contributed by atoms with Crippen LogP contribution in [0.15, 0.2) is 41.2 Å². The van der Waals surface area contributed by atoms with E-state index in [1.165, 1.54) is 17.7 Å². The van der Waals surface area contributed by atoms with E-state index in [1.54, 1.807) is 12.1 Å². The minimum absolute atomic E-state index is 0.0404. The van der Waals surface area contributed by atoms with Crippen molar-refractivity contribution >= 4 is 28.5 Å². The first-order valence-electron chi connectivity index (χ1n) is 6.81.